The van der Waals surface area contributed by atoms with Gasteiger partial charge in [0.15, 0.2) is 5.60 Å². The number of aliphatic hydroxyl groups is 1. The molecule has 0 spiro atoms. The summed E-state index contributed by atoms with van der Waals surface area (Å²) in [5.74, 6) is -1.05. The van der Waals surface area contributed by atoms with Gasteiger partial charge in [-0.05, 0) is 30.5 Å². The first kappa shape index (κ1) is 17.7. The van der Waals surface area contributed by atoms with E-state index in [0.29, 0.717) is 23.7 Å². The highest BCUT2D eigenvalue weighted by Crippen LogP contribution is 2.31. The van der Waals surface area contributed by atoms with Gasteiger partial charge < -0.3 is 14.6 Å². The van der Waals surface area contributed by atoms with Gasteiger partial charge in [-0.25, -0.2) is 9.59 Å². The van der Waals surface area contributed by atoms with Crippen molar-refractivity contribution >= 4 is 23.5 Å². The van der Waals surface area contributed by atoms with Crippen LogP contribution < -0.4 is 0 Å². The molecule has 126 valence electrons. The highest BCUT2D eigenvalue weighted by atomic mass is 35.5. The van der Waals surface area contributed by atoms with Crippen molar-refractivity contribution in [2.45, 2.75) is 24.5 Å². The number of halogens is 1. The van der Waals surface area contributed by atoms with Crippen LogP contribution in [0.15, 0.2) is 24.3 Å². The van der Waals surface area contributed by atoms with Crippen molar-refractivity contribution in [3.63, 3.8) is 0 Å². The van der Waals surface area contributed by atoms with Crippen molar-refractivity contribution in [2.24, 2.45) is 0 Å². The molecule has 1 N–H and O–H groups in total. The molecule has 0 amide bonds. The zero-order valence-corrected chi connectivity index (χ0v) is 13.9. The quantitative estimate of drug-likeness (QED) is 0.837. The minimum Gasteiger partial charge on any atom is -0.468 e. The van der Waals surface area contributed by atoms with Crippen LogP contribution in [0.25, 0.3) is 0 Å². The summed E-state index contributed by atoms with van der Waals surface area (Å²) in [6, 6.07) is 6.38. The average Bonchev–Trinajstić information content (AvgIpc) is 2.56. The Morgan fingerprint density at radius 1 is 1.26 bits per heavy atom. The van der Waals surface area contributed by atoms with Crippen LogP contribution in [0.4, 0.5) is 0 Å². The Hall–Kier alpha value is -1.63. The smallest absolute Gasteiger partial charge is 0.337 e. The van der Waals surface area contributed by atoms with E-state index >= 15 is 0 Å². The Morgan fingerprint density at radius 3 is 2.43 bits per heavy atom. The van der Waals surface area contributed by atoms with Gasteiger partial charge in [0.1, 0.15) is 6.04 Å². The summed E-state index contributed by atoms with van der Waals surface area (Å²) in [4.78, 5) is 25.8. The predicted octanol–water partition coefficient (Wildman–Crippen LogP) is 1.55. The normalized spacial score (nSPS) is 19.0. The van der Waals surface area contributed by atoms with Crippen molar-refractivity contribution < 1.29 is 24.2 Å². The van der Waals surface area contributed by atoms with Gasteiger partial charge in [0.2, 0.25) is 0 Å². The zero-order chi connectivity index (χ0) is 17.0. The van der Waals surface area contributed by atoms with Crippen LogP contribution >= 0.6 is 11.6 Å². The van der Waals surface area contributed by atoms with E-state index in [2.05, 4.69) is 4.74 Å². The van der Waals surface area contributed by atoms with Gasteiger partial charge >= 0.3 is 11.9 Å². The number of piperidine rings is 1. The lowest BCUT2D eigenvalue weighted by atomic mass is 9.90. The van der Waals surface area contributed by atoms with E-state index in [9.17, 15) is 14.7 Å². The SMILES string of the molecule is COC(=O)[C@H](c1cccc(Cl)c1)N1CCC(O)(C(=O)OC)CC1. The van der Waals surface area contributed by atoms with Gasteiger partial charge in [0, 0.05) is 18.1 Å². The molecule has 1 aromatic carbocycles. The Bertz CT molecular complexity index is 584. The number of carbonyl (C=O) groups is 2. The minimum absolute atomic E-state index is 0.188. The topological polar surface area (TPSA) is 76.1 Å². The first-order valence-electron chi connectivity index (χ1n) is 7.29. The number of rotatable bonds is 4. The van der Waals surface area contributed by atoms with E-state index in [0.717, 1.165) is 0 Å². The second-order valence-electron chi connectivity index (χ2n) is 5.54. The lowest BCUT2D eigenvalue weighted by molar-refractivity contribution is -0.169. The minimum atomic E-state index is -1.50. The first-order chi connectivity index (χ1) is 10.9. The van der Waals surface area contributed by atoms with E-state index in [1.54, 1.807) is 24.3 Å². The fourth-order valence-corrected chi connectivity index (χ4v) is 3.03. The van der Waals surface area contributed by atoms with Gasteiger partial charge in [0.05, 0.1) is 14.2 Å². The molecule has 0 saturated carbocycles. The van der Waals surface area contributed by atoms with Crippen molar-refractivity contribution in [1.82, 2.24) is 4.90 Å². The molecule has 1 saturated heterocycles. The molecule has 1 fully saturated rings. The molecule has 1 aliphatic heterocycles. The summed E-state index contributed by atoms with van der Waals surface area (Å²) in [5, 5.41) is 10.8. The Labute approximate surface area is 139 Å². The highest BCUT2D eigenvalue weighted by Gasteiger charge is 2.43. The molecule has 0 bridgehead atoms. The molecule has 0 aliphatic carbocycles. The lowest BCUT2D eigenvalue weighted by Gasteiger charge is -2.39. The van der Waals surface area contributed by atoms with Gasteiger partial charge in [-0.2, -0.15) is 0 Å². The van der Waals surface area contributed by atoms with Crippen LogP contribution in [0.3, 0.4) is 0 Å². The molecule has 1 heterocycles. The van der Waals surface area contributed by atoms with Gasteiger partial charge in [-0.3, -0.25) is 4.90 Å². The third kappa shape index (κ3) is 3.83. The third-order valence-electron chi connectivity index (χ3n) is 4.14. The van der Waals surface area contributed by atoms with Gasteiger partial charge in [-0.15, -0.1) is 0 Å². The lowest BCUT2D eigenvalue weighted by Crippen LogP contribution is -2.51. The van der Waals surface area contributed by atoms with Crippen molar-refractivity contribution in [3.8, 4) is 0 Å². The largest absolute Gasteiger partial charge is 0.468 e. The molecule has 1 aromatic rings. The molecule has 0 radical (unpaired) electrons. The number of hydrogen-bond donors (Lipinski definition) is 1. The predicted molar refractivity (Wildman–Crippen MR) is 84.0 cm³/mol. The summed E-state index contributed by atoms with van der Waals surface area (Å²) in [6.45, 7) is 0.718. The summed E-state index contributed by atoms with van der Waals surface area (Å²) in [6.07, 6.45) is 0.376. The number of likely N-dealkylation sites (tertiary alicyclic amines) is 1. The second kappa shape index (κ2) is 7.29. The molecular weight excluding hydrogens is 322 g/mol. The van der Waals surface area contributed by atoms with Crippen LogP contribution in [0.5, 0.6) is 0 Å². The molecule has 2 rings (SSSR count). The van der Waals surface area contributed by atoms with E-state index in [-0.39, 0.29) is 12.8 Å². The molecule has 6 nitrogen and oxygen atoms in total. The maximum atomic E-state index is 12.2. The Morgan fingerprint density at radius 2 is 1.91 bits per heavy atom. The number of nitrogens with zero attached hydrogens (tertiary/aromatic N) is 1. The van der Waals surface area contributed by atoms with Crippen LogP contribution in [0.1, 0.15) is 24.4 Å². The fraction of sp³-hybridized carbons (Fsp3) is 0.500. The molecule has 1 aliphatic rings. The summed E-state index contributed by atoms with van der Waals surface area (Å²) < 4.78 is 9.54. The maximum absolute atomic E-state index is 12.2. The van der Waals surface area contributed by atoms with Crippen molar-refractivity contribution in [2.75, 3.05) is 27.3 Å². The molecule has 0 unspecified atom stereocenters. The monoisotopic (exact) mass is 341 g/mol. The average molecular weight is 342 g/mol. The van der Waals surface area contributed by atoms with Crippen molar-refractivity contribution in [3.05, 3.63) is 34.9 Å². The standard InChI is InChI=1S/C16H20ClNO5/c1-22-14(19)13(11-4-3-5-12(17)10-11)18-8-6-16(21,7-9-18)15(20)23-2/h3-5,10,13,21H,6-9H2,1-2H3/t13-/m0/s1. The van der Waals surface area contributed by atoms with Crippen LogP contribution in [0, 0.1) is 0 Å². The van der Waals surface area contributed by atoms with Crippen LogP contribution in [-0.2, 0) is 19.1 Å². The number of esters is 2. The summed E-state index contributed by atoms with van der Waals surface area (Å²) in [7, 11) is 2.57. The zero-order valence-electron chi connectivity index (χ0n) is 13.1. The van der Waals surface area contributed by atoms with Crippen molar-refractivity contribution in [1.29, 1.82) is 0 Å². The number of carbonyl (C=O) groups excluding carboxylic acids is 2. The summed E-state index contributed by atoms with van der Waals surface area (Å²) >= 11 is 6.01. The van der Waals surface area contributed by atoms with E-state index in [1.807, 2.05) is 4.90 Å². The molecule has 23 heavy (non-hydrogen) atoms. The van der Waals surface area contributed by atoms with Crippen LogP contribution in [0.2, 0.25) is 5.02 Å². The van der Waals surface area contributed by atoms with E-state index in [1.165, 1.54) is 14.2 Å². The number of benzene rings is 1. The molecule has 7 heteroatoms. The maximum Gasteiger partial charge on any atom is 0.337 e. The second-order valence-corrected chi connectivity index (χ2v) is 5.98. The number of hydrogen-bond acceptors (Lipinski definition) is 6. The Kier molecular flexibility index (Phi) is 5.62. The van der Waals surface area contributed by atoms with E-state index < -0.39 is 23.6 Å². The first-order valence-corrected chi connectivity index (χ1v) is 7.67. The number of methoxy groups -OCH3 is 2. The van der Waals surface area contributed by atoms with Gasteiger partial charge in [-0.1, -0.05) is 23.7 Å². The fourth-order valence-electron chi connectivity index (χ4n) is 2.83. The molecular formula is C16H20ClNO5. The summed E-state index contributed by atoms with van der Waals surface area (Å²) in [5.41, 5.74) is -0.784. The highest BCUT2D eigenvalue weighted by molar-refractivity contribution is 6.30. The van der Waals surface area contributed by atoms with E-state index in [4.69, 9.17) is 16.3 Å². The van der Waals surface area contributed by atoms with Crippen LogP contribution in [-0.4, -0.2) is 54.9 Å². The molecule has 0 aromatic heterocycles. The van der Waals surface area contributed by atoms with Gasteiger partial charge in [0.25, 0.3) is 0 Å². The molecule has 1 atom stereocenters. The third-order valence-corrected chi connectivity index (χ3v) is 4.38. The Balaban J connectivity index is 2.20. The number of ether oxygens (including phenoxy) is 2.